The molecular weight excluding hydrogens is 338 g/mol. The lowest BCUT2D eigenvalue weighted by Crippen LogP contribution is -2.56. The van der Waals surface area contributed by atoms with Crippen molar-refractivity contribution in [3.05, 3.63) is 20.8 Å². The highest BCUT2D eigenvalue weighted by molar-refractivity contribution is 9.10. The van der Waals surface area contributed by atoms with E-state index in [0.717, 1.165) is 45.4 Å². The van der Waals surface area contributed by atoms with Crippen molar-refractivity contribution in [3.63, 3.8) is 0 Å². The molecule has 1 N–H and O–H groups in total. The number of thiophene rings is 1. The molecule has 2 heterocycles. The van der Waals surface area contributed by atoms with Gasteiger partial charge in [-0.2, -0.15) is 0 Å². The fourth-order valence-corrected chi connectivity index (χ4v) is 4.39. The van der Waals surface area contributed by atoms with Crippen LogP contribution in [0.25, 0.3) is 0 Å². The van der Waals surface area contributed by atoms with Crippen LogP contribution >= 0.6 is 27.3 Å². The van der Waals surface area contributed by atoms with E-state index in [4.69, 9.17) is 9.47 Å². The van der Waals surface area contributed by atoms with E-state index in [9.17, 15) is 0 Å². The van der Waals surface area contributed by atoms with Gasteiger partial charge in [-0.3, -0.25) is 0 Å². The van der Waals surface area contributed by atoms with E-state index in [-0.39, 0.29) is 5.60 Å². The van der Waals surface area contributed by atoms with Crippen LogP contribution in [0.4, 0.5) is 0 Å². The first kappa shape index (κ1) is 16.4. The molecule has 20 heavy (non-hydrogen) atoms. The van der Waals surface area contributed by atoms with Crippen LogP contribution in [0.15, 0.2) is 15.9 Å². The van der Waals surface area contributed by atoms with Gasteiger partial charge in [-0.1, -0.05) is 6.92 Å². The van der Waals surface area contributed by atoms with Gasteiger partial charge in [0.15, 0.2) is 0 Å². The van der Waals surface area contributed by atoms with Crippen molar-refractivity contribution in [1.82, 2.24) is 5.32 Å². The Hall–Kier alpha value is 0.0600. The molecule has 0 radical (unpaired) electrons. The molecule has 114 valence electrons. The van der Waals surface area contributed by atoms with E-state index < -0.39 is 0 Å². The summed E-state index contributed by atoms with van der Waals surface area (Å²) in [6.07, 6.45) is 4.08. The molecule has 1 saturated heterocycles. The fourth-order valence-electron chi connectivity index (χ4n) is 2.83. The minimum Gasteiger partial charge on any atom is -0.381 e. The maximum Gasteiger partial charge on any atom is 0.0878 e. The van der Waals surface area contributed by atoms with Crippen molar-refractivity contribution in [3.8, 4) is 0 Å². The van der Waals surface area contributed by atoms with Crippen molar-refractivity contribution in [1.29, 1.82) is 0 Å². The normalized spacial score (nSPS) is 19.9. The number of nitrogens with one attached hydrogen (secondary N) is 1. The van der Waals surface area contributed by atoms with Gasteiger partial charge in [0.05, 0.1) is 5.60 Å². The SMILES string of the molecule is CCCNC(Cc1sccc1Br)C1(OC)CCOCC1. The average molecular weight is 362 g/mol. The van der Waals surface area contributed by atoms with Crippen molar-refractivity contribution in [2.75, 3.05) is 26.9 Å². The lowest BCUT2D eigenvalue weighted by atomic mass is 9.83. The Morgan fingerprint density at radius 2 is 2.25 bits per heavy atom. The molecule has 0 aliphatic carbocycles. The van der Waals surface area contributed by atoms with E-state index in [2.05, 4.69) is 39.6 Å². The van der Waals surface area contributed by atoms with Crippen LogP contribution in [0, 0.1) is 0 Å². The Balaban J connectivity index is 2.14. The van der Waals surface area contributed by atoms with Crippen LogP contribution < -0.4 is 5.32 Å². The van der Waals surface area contributed by atoms with Gasteiger partial charge in [0.2, 0.25) is 0 Å². The number of rotatable bonds is 7. The third-order valence-electron chi connectivity index (χ3n) is 4.10. The molecule has 1 aromatic heterocycles. The number of ether oxygens (including phenoxy) is 2. The van der Waals surface area contributed by atoms with Gasteiger partial charge >= 0.3 is 0 Å². The zero-order valence-electron chi connectivity index (χ0n) is 12.3. The molecule has 0 spiro atoms. The van der Waals surface area contributed by atoms with Crippen LogP contribution in [0.3, 0.4) is 0 Å². The summed E-state index contributed by atoms with van der Waals surface area (Å²) in [4.78, 5) is 1.39. The van der Waals surface area contributed by atoms with E-state index in [1.165, 1.54) is 9.35 Å². The third kappa shape index (κ3) is 3.83. The summed E-state index contributed by atoms with van der Waals surface area (Å²) in [6.45, 7) is 4.82. The van der Waals surface area contributed by atoms with E-state index in [1.54, 1.807) is 0 Å². The summed E-state index contributed by atoms with van der Waals surface area (Å²) in [5.41, 5.74) is -0.100. The molecule has 1 unspecified atom stereocenters. The van der Waals surface area contributed by atoms with Crippen LogP contribution in [0.1, 0.15) is 31.1 Å². The first-order chi connectivity index (χ1) is 9.72. The minimum atomic E-state index is -0.100. The van der Waals surface area contributed by atoms with Crippen LogP contribution in [0.2, 0.25) is 0 Å². The predicted octanol–water partition coefficient (Wildman–Crippen LogP) is 3.62. The first-order valence-corrected chi connectivity index (χ1v) is 8.97. The molecule has 0 amide bonds. The Labute approximate surface area is 134 Å². The van der Waals surface area contributed by atoms with Crippen molar-refractivity contribution < 1.29 is 9.47 Å². The lowest BCUT2D eigenvalue weighted by molar-refractivity contribution is -0.110. The molecule has 0 aromatic carbocycles. The third-order valence-corrected chi connectivity index (χ3v) is 6.05. The molecule has 1 aromatic rings. The molecule has 0 bridgehead atoms. The Bertz CT molecular complexity index is 404. The number of hydrogen-bond acceptors (Lipinski definition) is 4. The van der Waals surface area contributed by atoms with E-state index in [0.29, 0.717) is 6.04 Å². The predicted molar refractivity (Wildman–Crippen MR) is 87.6 cm³/mol. The summed E-state index contributed by atoms with van der Waals surface area (Å²) in [5.74, 6) is 0. The Kier molecular flexibility index (Phi) is 6.49. The second-order valence-electron chi connectivity index (χ2n) is 5.28. The highest BCUT2D eigenvalue weighted by Crippen LogP contribution is 2.33. The largest absolute Gasteiger partial charge is 0.381 e. The molecule has 1 aliphatic heterocycles. The standard InChI is InChI=1S/C15H24BrNO2S/c1-3-7-17-14(11-13-12(16)4-10-20-13)15(18-2)5-8-19-9-6-15/h4,10,14,17H,3,5-9,11H2,1-2H3. The van der Waals surface area contributed by atoms with Crippen LogP contribution in [-0.4, -0.2) is 38.5 Å². The molecule has 1 aliphatic rings. The first-order valence-electron chi connectivity index (χ1n) is 7.30. The fraction of sp³-hybridized carbons (Fsp3) is 0.733. The van der Waals surface area contributed by atoms with Gasteiger partial charge in [0.25, 0.3) is 0 Å². The Morgan fingerprint density at radius 3 is 2.80 bits per heavy atom. The lowest BCUT2D eigenvalue weighted by Gasteiger charge is -2.42. The highest BCUT2D eigenvalue weighted by Gasteiger charge is 2.40. The highest BCUT2D eigenvalue weighted by atomic mass is 79.9. The summed E-state index contributed by atoms with van der Waals surface area (Å²) in [6, 6.07) is 2.46. The number of hydrogen-bond donors (Lipinski definition) is 1. The summed E-state index contributed by atoms with van der Waals surface area (Å²) in [5, 5.41) is 5.84. The van der Waals surface area contributed by atoms with Crippen molar-refractivity contribution in [2.45, 2.75) is 44.2 Å². The molecule has 0 saturated carbocycles. The number of methoxy groups -OCH3 is 1. The van der Waals surface area contributed by atoms with Gasteiger partial charge in [-0.05, 0) is 40.3 Å². The van der Waals surface area contributed by atoms with Crippen molar-refractivity contribution >= 4 is 27.3 Å². The summed E-state index contributed by atoms with van der Waals surface area (Å²) in [7, 11) is 1.84. The zero-order valence-corrected chi connectivity index (χ0v) is 14.7. The van der Waals surface area contributed by atoms with Gasteiger partial charge in [-0.15, -0.1) is 11.3 Å². The second kappa shape index (κ2) is 7.90. The topological polar surface area (TPSA) is 30.5 Å². The molecular formula is C15H24BrNO2S. The molecule has 2 rings (SSSR count). The van der Waals surface area contributed by atoms with Gasteiger partial charge in [0, 0.05) is 55.0 Å². The molecule has 1 fully saturated rings. The Morgan fingerprint density at radius 1 is 1.50 bits per heavy atom. The van der Waals surface area contributed by atoms with E-state index >= 15 is 0 Å². The van der Waals surface area contributed by atoms with Gasteiger partial charge in [0.1, 0.15) is 0 Å². The maximum atomic E-state index is 5.97. The maximum absolute atomic E-state index is 5.97. The van der Waals surface area contributed by atoms with E-state index in [1.807, 2.05) is 18.4 Å². The zero-order chi connectivity index (χ0) is 14.4. The quantitative estimate of drug-likeness (QED) is 0.804. The van der Waals surface area contributed by atoms with Gasteiger partial charge in [-0.25, -0.2) is 0 Å². The van der Waals surface area contributed by atoms with Gasteiger partial charge < -0.3 is 14.8 Å². The smallest absolute Gasteiger partial charge is 0.0878 e. The summed E-state index contributed by atoms with van der Waals surface area (Å²) >= 11 is 5.45. The van der Waals surface area contributed by atoms with Crippen molar-refractivity contribution in [2.24, 2.45) is 0 Å². The molecule has 3 nitrogen and oxygen atoms in total. The minimum absolute atomic E-state index is 0.100. The molecule has 5 heteroatoms. The average Bonchev–Trinajstić information content (AvgIpc) is 2.89. The number of halogens is 1. The van der Waals surface area contributed by atoms with Crippen LogP contribution in [0.5, 0.6) is 0 Å². The summed E-state index contributed by atoms with van der Waals surface area (Å²) < 4.78 is 12.7. The molecule has 1 atom stereocenters. The second-order valence-corrected chi connectivity index (χ2v) is 7.14. The monoisotopic (exact) mass is 361 g/mol. The van der Waals surface area contributed by atoms with Crippen LogP contribution in [-0.2, 0) is 15.9 Å².